The highest BCUT2D eigenvalue weighted by atomic mass is 16.5. The lowest BCUT2D eigenvalue weighted by atomic mass is 9.78. The van der Waals surface area contributed by atoms with E-state index in [-0.39, 0.29) is 6.23 Å². The molecule has 1 unspecified atom stereocenters. The fourth-order valence-electron chi connectivity index (χ4n) is 6.05. The summed E-state index contributed by atoms with van der Waals surface area (Å²) in [6.07, 6.45) is 9.50. The first kappa shape index (κ1) is 24.2. The van der Waals surface area contributed by atoms with Crippen molar-refractivity contribution in [1.82, 2.24) is 19.7 Å². The van der Waals surface area contributed by atoms with Crippen molar-refractivity contribution in [3.63, 3.8) is 0 Å². The van der Waals surface area contributed by atoms with Gasteiger partial charge in [-0.1, -0.05) is 27.2 Å². The normalized spacial score (nSPS) is 23.6. The van der Waals surface area contributed by atoms with Gasteiger partial charge < -0.3 is 14.5 Å². The molecule has 3 aliphatic rings. The number of ether oxygens (including phenoxy) is 1. The van der Waals surface area contributed by atoms with Crippen molar-refractivity contribution in [2.24, 2.45) is 5.41 Å². The quantitative estimate of drug-likeness (QED) is 0.431. The SMILES string of the molecule is CCC1(C)CCN(c2cnc3c(N4CC[C@H](C)c5cc(C#N)ccc54)nn(C4CCCCO4)c3n2)CC1. The second-order valence-electron chi connectivity index (χ2n) is 11.4. The van der Waals surface area contributed by atoms with Crippen LogP contribution in [0.5, 0.6) is 0 Å². The predicted molar refractivity (Wildman–Crippen MR) is 145 cm³/mol. The molecule has 0 aliphatic carbocycles. The maximum Gasteiger partial charge on any atom is 0.183 e. The maximum atomic E-state index is 9.46. The number of nitrogens with zero attached hydrogens (tertiary/aromatic N) is 7. The second-order valence-corrected chi connectivity index (χ2v) is 11.4. The summed E-state index contributed by atoms with van der Waals surface area (Å²) in [5.41, 5.74) is 5.04. The molecule has 0 bridgehead atoms. The van der Waals surface area contributed by atoms with Crippen LogP contribution in [0.4, 0.5) is 17.3 Å². The predicted octanol–water partition coefficient (Wildman–Crippen LogP) is 6.06. The maximum absolute atomic E-state index is 9.46. The van der Waals surface area contributed by atoms with Crippen LogP contribution in [0.25, 0.3) is 11.2 Å². The minimum absolute atomic E-state index is 0.122. The number of nitriles is 1. The third-order valence-corrected chi connectivity index (χ3v) is 8.97. The van der Waals surface area contributed by atoms with E-state index < -0.39 is 0 Å². The van der Waals surface area contributed by atoms with Crippen LogP contribution in [0.1, 0.15) is 89.0 Å². The van der Waals surface area contributed by atoms with E-state index in [4.69, 9.17) is 19.8 Å². The summed E-state index contributed by atoms with van der Waals surface area (Å²) in [6, 6.07) is 8.28. The van der Waals surface area contributed by atoms with Crippen LogP contribution in [-0.2, 0) is 4.74 Å². The number of rotatable bonds is 4. The summed E-state index contributed by atoms with van der Waals surface area (Å²) in [6.45, 7) is 10.5. The molecule has 0 amide bonds. The van der Waals surface area contributed by atoms with Crippen LogP contribution >= 0.6 is 0 Å². The molecule has 2 aromatic heterocycles. The molecule has 5 heterocycles. The molecular weight excluding hydrogens is 462 g/mol. The number of fused-ring (bicyclic) bond motifs is 2. The number of hydrogen-bond donors (Lipinski definition) is 0. The van der Waals surface area contributed by atoms with Crippen LogP contribution < -0.4 is 9.80 Å². The molecule has 8 heteroatoms. The molecule has 2 atom stereocenters. The Bertz CT molecular complexity index is 1330. The Hall–Kier alpha value is -3.18. The van der Waals surface area contributed by atoms with Crippen LogP contribution in [-0.4, -0.2) is 46.0 Å². The third-order valence-electron chi connectivity index (χ3n) is 8.97. The average Bonchev–Trinajstić information content (AvgIpc) is 3.33. The fourth-order valence-corrected chi connectivity index (χ4v) is 6.05. The van der Waals surface area contributed by atoms with Crippen molar-refractivity contribution in [1.29, 1.82) is 5.26 Å². The largest absolute Gasteiger partial charge is 0.356 e. The Morgan fingerprint density at radius 2 is 2.00 bits per heavy atom. The van der Waals surface area contributed by atoms with Gasteiger partial charge in [-0.2, -0.15) is 5.26 Å². The lowest BCUT2D eigenvalue weighted by molar-refractivity contribution is -0.0368. The lowest BCUT2D eigenvalue weighted by Crippen LogP contribution is -2.39. The summed E-state index contributed by atoms with van der Waals surface area (Å²) in [7, 11) is 0. The summed E-state index contributed by atoms with van der Waals surface area (Å²) >= 11 is 0. The van der Waals surface area contributed by atoms with E-state index in [1.54, 1.807) is 0 Å². The van der Waals surface area contributed by atoms with E-state index in [0.29, 0.717) is 16.9 Å². The van der Waals surface area contributed by atoms with Gasteiger partial charge in [0.1, 0.15) is 5.82 Å². The Labute approximate surface area is 219 Å². The van der Waals surface area contributed by atoms with Gasteiger partial charge in [-0.05, 0) is 73.6 Å². The van der Waals surface area contributed by atoms with E-state index in [2.05, 4.69) is 42.7 Å². The van der Waals surface area contributed by atoms with Gasteiger partial charge in [0.25, 0.3) is 0 Å². The Morgan fingerprint density at radius 3 is 2.73 bits per heavy atom. The summed E-state index contributed by atoms with van der Waals surface area (Å²) in [4.78, 5) is 14.8. The van der Waals surface area contributed by atoms with Crippen LogP contribution in [0.3, 0.4) is 0 Å². The van der Waals surface area contributed by atoms with Gasteiger partial charge in [-0.3, -0.25) is 0 Å². The van der Waals surface area contributed by atoms with Gasteiger partial charge in [0.05, 0.1) is 17.8 Å². The van der Waals surface area contributed by atoms with Crippen molar-refractivity contribution in [3.8, 4) is 6.07 Å². The third kappa shape index (κ3) is 4.33. The molecule has 37 heavy (non-hydrogen) atoms. The second kappa shape index (κ2) is 9.60. The van der Waals surface area contributed by atoms with Crippen LogP contribution in [0.15, 0.2) is 24.4 Å². The average molecular weight is 500 g/mol. The highest BCUT2D eigenvalue weighted by molar-refractivity contribution is 5.88. The van der Waals surface area contributed by atoms with Gasteiger partial charge in [0.2, 0.25) is 0 Å². The molecule has 3 aliphatic heterocycles. The van der Waals surface area contributed by atoms with E-state index in [1.165, 1.54) is 24.8 Å². The summed E-state index contributed by atoms with van der Waals surface area (Å²) in [5.74, 6) is 2.15. The number of aromatic nitrogens is 4. The van der Waals surface area contributed by atoms with Crippen molar-refractivity contribution in [3.05, 3.63) is 35.5 Å². The monoisotopic (exact) mass is 499 g/mol. The number of piperidine rings is 1. The molecule has 194 valence electrons. The number of anilines is 3. The highest BCUT2D eigenvalue weighted by Gasteiger charge is 2.32. The first-order valence-electron chi connectivity index (χ1n) is 13.9. The van der Waals surface area contributed by atoms with E-state index in [9.17, 15) is 5.26 Å². The Balaban J connectivity index is 1.42. The Kier molecular flexibility index (Phi) is 6.28. The minimum atomic E-state index is -0.122. The van der Waals surface area contributed by atoms with Crippen LogP contribution in [0, 0.1) is 16.7 Å². The van der Waals surface area contributed by atoms with Crippen molar-refractivity contribution >= 4 is 28.5 Å². The van der Waals surface area contributed by atoms with Crippen molar-refractivity contribution in [2.75, 3.05) is 36.0 Å². The van der Waals surface area contributed by atoms with E-state index >= 15 is 0 Å². The van der Waals surface area contributed by atoms with E-state index in [1.807, 2.05) is 23.0 Å². The molecule has 0 saturated carbocycles. The van der Waals surface area contributed by atoms with E-state index in [0.717, 1.165) is 80.4 Å². The van der Waals surface area contributed by atoms with Gasteiger partial charge in [0, 0.05) is 31.9 Å². The number of hydrogen-bond acceptors (Lipinski definition) is 7. The summed E-state index contributed by atoms with van der Waals surface area (Å²) in [5, 5.41) is 14.6. The molecule has 2 fully saturated rings. The highest BCUT2D eigenvalue weighted by Crippen LogP contribution is 2.42. The topological polar surface area (TPSA) is 83.1 Å². The smallest absolute Gasteiger partial charge is 0.183 e. The lowest BCUT2D eigenvalue weighted by Gasteiger charge is -2.39. The fraction of sp³-hybridized carbons (Fsp3) is 0.586. The van der Waals surface area contributed by atoms with Crippen LogP contribution in [0.2, 0.25) is 0 Å². The molecule has 3 aromatic rings. The molecule has 6 rings (SSSR count). The van der Waals surface area contributed by atoms with Crippen molar-refractivity contribution in [2.45, 2.75) is 77.9 Å². The molecule has 0 N–H and O–H groups in total. The zero-order valence-corrected chi connectivity index (χ0v) is 22.3. The van der Waals surface area contributed by atoms with Gasteiger partial charge in [-0.15, -0.1) is 5.10 Å². The minimum Gasteiger partial charge on any atom is -0.356 e. The molecular formula is C29H37N7O. The molecule has 2 saturated heterocycles. The first-order chi connectivity index (χ1) is 18.0. The Morgan fingerprint density at radius 1 is 1.16 bits per heavy atom. The van der Waals surface area contributed by atoms with Gasteiger partial charge in [-0.25, -0.2) is 14.6 Å². The first-order valence-corrected chi connectivity index (χ1v) is 13.9. The molecule has 0 radical (unpaired) electrons. The summed E-state index contributed by atoms with van der Waals surface area (Å²) < 4.78 is 8.17. The van der Waals surface area contributed by atoms with Crippen molar-refractivity contribution < 1.29 is 4.74 Å². The zero-order chi connectivity index (χ0) is 25.6. The molecule has 8 nitrogen and oxygen atoms in total. The molecule has 1 aromatic carbocycles. The standard InChI is InChI=1S/C29H37N7O/c1-4-29(3)11-14-34(15-12-29)24-19-31-26-27(32-24)36(25-7-5-6-16-37-25)33-28(26)35-13-10-20(2)22-17-21(18-30)8-9-23(22)35/h8-9,17,19-20,25H,4-7,10-16H2,1-3H3/t20-,25?/m0/s1. The number of benzene rings is 1. The van der Waals surface area contributed by atoms with Gasteiger partial charge >= 0.3 is 0 Å². The molecule has 0 spiro atoms. The zero-order valence-electron chi connectivity index (χ0n) is 22.3. The van der Waals surface area contributed by atoms with Gasteiger partial charge in [0.15, 0.2) is 23.2 Å².